The fraction of sp³-hybridized carbons (Fsp3) is 0.683. The molecule has 3 fully saturated rings. The van der Waals surface area contributed by atoms with E-state index in [1.54, 1.807) is 27.0 Å². The Labute approximate surface area is 435 Å². The summed E-state index contributed by atoms with van der Waals surface area (Å²) in [6.45, 7) is 15.6. The molecule has 5 N–H and O–H groups in total. The van der Waals surface area contributed by atoms with Gasteiger partial charge in [-0.1, -0.05) is 101 Å². The summed E-state index contributed by atoms with van der Waals surface area (Å²) in [6.07, 6.45) is 14.7. The summed E-state index contributed by atoms with van der Waals surface area (Å²) < 4.78 is 24.3. The summed E-state index contributed by atoms with van der Waals surface area (Å²) in [7, 11) is 3.06. The normalized spacial score (nSPS) is 39.9. The molecule has 13 heteroatoms. The Hall–Kier alpha value is -3.79. The Bertz CT molecular complexity index is 2200. The van der Waals surface area contributed by atoms with Gasteiger partial charge in [-0.3, -0.25) is 9.59 Å². The number of Topliss-reactive ketones (excluding diaryl/α,β-unsaturated/α-hetero) is 1. The summed E-state index contributed by atoms with van der Waals surface area (Å²) in [6, 6.07) is 5.23. The van der Waals surface area contributed by atoms with Crippen LogP contribution in [0.25, 0.3) is 5.57 Å². The Morgan fingerprint density at radius 1 is 0.836 bits per heavy atom. The molecule has 1 unspecified atom stereocenters. The first kappa shape index (κ1) is 58.5. The van der Waals surface area contributed by atoms with Crippen molar-refractivity contribution in [1.82, 2.24) is 4.90 Å². The summed E-state index contributed by atoms with van der Waals surface area (Å²) >= 11 is 0. The number of ether oxygens (including phenoxy) is 4. The number of aliphatic hydroxyl groups excluding tert-OH is 4. The number of hydrogen-bond donors (Lipinski definition) is 5. The van der Waals surface area contributed by atoms with Crippen LogP contribution in [0.4, 0.5) is 0 Å². The van der Waals surface area contributed by atoms with Gasteiger partial charge in [-0.15, -0.1) is 0 Å². The third-order valence-electron chi connectivity index (χ3n) is 17.3. The number of rotatable bonds is 6. The number of nitrogens with zero attached hydrogens (tertiary/aromatic N) is 1. The highest BCUT2D eigenvalue weighted by molar-refractivity contribution is 6.39. The Balaban J connectivity index is 1.34. The molecule has 3 aliphatic heterocycles. The van der Waals surface area contributed by atoms with E-state index in [1.165, 1.54) is 28.7 Å². The average Bonchev–Trinajstić information content (AvgIpc) is 3.81. The van der Waals surface area contributed by atoms with Gasteiger partial charge in [0.1, 0.15) is 24.4 Å². The predicted molar refractivity (Wildman–Crippen MR) is 283 cm³/mol. The van der Waals surface area contributed by atoms with E-state index in [0.29, 0.717) is 63.4 Å². The van der Waals surface area contributed by atoms with Gasteiger partial charge in [-0.2, -0.15) is 0 Å². The van der Waals surface area contributed by atoms with Crippen LogP contribution in [0.2, 0.25) is 0 Å². The van der Waals surface area contributed by atoms with Crippen molar-refractivity contribution in [3.8, 4) is 0 Å². The molecule has 2 saturated heterocycles. The Kier molecular flexibility index (Phi) is 21.1. The van der Waals surface area contributed by atoms with Crippen molar-refractivity contribution < 1.29 is 58.9 Å². The molecule has 6 rings (SSSR count). The first-order valence-electron chi connectivity index (χ1n) is 27.4. The number of methoxy groups -OCH3 is 2. The van der Waals surface area contributed by atoms with Crippen molar-refractivity contribution in [2.24, 2.45) is 41.4 Å². The highest BCUT2D eigenvalue weighted by Gasteiger charge is 2.53. The number of aliphatic hydroxyl groups is 5. The van der Waals surface area contributed by atoms with E-state index >= 15 is 0 Å². The van der Waals surface area contributed by atoms with Gasteiger partial charge in [0.05, 0.1) is 30.5 Å². The van der Waals surface area contributed by atoms with Crippen molar-refractivity contribution in [1.29, 1.82) is 0 Å². The van der Waals surface area contributed by atoms with E-state index in [2.05, 4.69) is 57.2 Å². The SMILES string of the molecule is CO[C@H]1[C@@H](O)[C@H](C)C[C@H](C)/C=C/C=C/C=C(\C)[C@@H](C2=CCc3c(C)cccc32)C[C@@H]2CC[C@@H](C)[C@@](O)(O2)C(=O)C(=O)N2CCCC[C@H]2C(=O)O[C@H]([C@H](C)CC2CC[C@@H](O)[C@H](OC)C2)C[C@H](O)[C@H](C)/C=C(\C)[C@H]1O. The van der Waals surface area contributed by atoms with Crippen LogP contribution in [-0.2, 0) is 39.8 Å². The second kappa shape index (κ2) is 26.3. The maximum atomic E-state index is 14.6. The molecule has 1 aromatic rings. The number of piperidine rings is 1. The lowest BCUT2D eigenvalue weighted by molar-refractivity contribution is -0.264. The molecule has 0 radical (unpaired) electrons. The number of ketones is 1. The number of cyclic esters (lactones) is 1. The monoisotopic (exact) mass is 1020 g/mol. The molecule has 3 heterocycles. The largest absolute Gasteiger partial charge is 0.460 e. The summed E-state index contributed by atoms with van der Waals surface area (Å²) in [5.74, 6) is -6.80. The van der Waals surface area contributed by atoms with Gasteiger partial charge in [0.15, 0.2) is 0 Å². The summed E-state index contributed by atoms with van der Waals surface area (Å²) in [4.78, 5) is 45.1. The van der Waals surface area contributed by atoms with Crippen LogP contribution >= 0.6 is 0 Å². The fourth-order valence-corrected chi connectivity index (χ4v) is 12.4. The number of carbonyl (C=O) groups is 3. The Morgan fingerprint density at radius 2 is 1.59 bits per heavy atom. The average molecular weight is 1020 g/mol. The molecule has 17 atom stereocenters. The second-order valence-corrected chi connectivity index (χ2v) is 22.8. The minimum absolute atomic E-state index is 0.0365. The lowest BCUT2D eigenvalue weighted by atomic mass is 9.78. The van der Waals surface area contributed by atoms with Gasteiger partial charge in [-0.05, 0) is 149 Å². The molecular weight excluding hydrogens is 927 g/mol. The second-order valence-electron chi connectivity index (χ2n) is 22.8. The van der Waals surface area contributed by atoms with Crippen LogP contribution in [-0.4, -0.2) is 130 Å². The lowest BCUT2D eigenvalue weighted by Crippen LogP contribution is -2.60. The molecule has 406 valence electrons. The van der Waals surface area contributed by atoms with Crippen molar-refractivity contribution in [3.63, 3.8) is 0 Å². The van der Waals surface area contributed by atoms with E-state index in [-0.39, 0.29) is 55.1 Å². The standard InChI is InChI=1S/C60H89NO12/c1-35-17-12-11-13-18-37(3)48(47-26-25-45-36(2)19-16-20-46(45)47)33-44-24-22-42(8)60(69,73-44)57(66)58(67)61-28-15-14-21-49(61)59(68)72-52(39(5)31-43-23-27-50(62)53(32-43)70-9)34-51(63)38(4)30-41(7)55(65)56(71-10)54(64)40(6)29-35/h11-13,16-20,26,30,35,38-40,42-44,48-56,62-65,69H,14-15,21-25,27-29,31-34H2,1-10H3/b13-11+,17-12+,37-18+,41-30+/t35-,38-,39-,40-,42-,43?,44+,48+,49+,50-,51+,52+,53-,54+,55-,56+,60-/m1/s1. The van der Waals surface area contributed by atoms with Gasteiger partial charge >= 0.3 is 5.97 Å². The molecule has 1 aromatic carbocycles. The van der Waals surface area contributed by atoms with Gasteiger partial charge < -0.3 is 49.4 Å². The van der Waals surface area contributed by atoms with Crippen LogP contribution in [0.5, 0.6) is 0 Å². The van der Waals surface area contributed by atoms with Crippen LogP contribution < -0.4 is 0 Å². The minimum atomic E-state index is -2.42. The predicted octanol–water partition coefficient (Wildman–Crippen LogP) is 8.31. The zero-order valence-corrected chi connectivity index (χ0v) is 45.5. The van der Waals surface area contributed by atoms with E-state index in [9.17, 15) is 39.9 Å². The molecule has 2 bridgehead atoms. The molecule has 1 amide bonds. The zero-order valence-electron chi connectivity index (χ0n) is 45.5. The zero-order chi connectivity index (χ0) is 53.3. The first-order chi connectivity index (χ1) is 34.7. The number of fused-ring (bicyclic) bond motifs is 4. The Morgan fingerprint density at radius 3 is 2.32 bits per heavy atom. The maximum absolute atomic E-state index is 14.6. The fourth-order valence-electron chi connectivity index (χ4n) is 12.4. The smallest absolute Gasteiger partial charge is 0.329 e. The van der Waals surface area contributed by atoms with Gasteiger partial charge in [0.2, 0.25) is 5.79 Å². The van der Waals surface area contributed by atoms with E-state index in [1.807, 2.05) is 39.0 Å². The molecule has 5 aliphatic rings. The van der Waals surface area contributed by atoms with Crippen molar-refractivity contribution >= 4 is 23.2 Å². The molecule has 13 nitrogen and oxygen atoms in total. The van der Waals surface area contributed by atoms with E-state index in [4.69, 9.17) is 18.9 Å². The van der Waals surface area contributed by atoms with Gasteiger partial charge in [0.25, 0.3) is 11.7 Å². The molecule has 0 spiro atoms. The number of hydrogen-bond acceptors (Lipinski definition) is 12. The minimum Gasteiger partial charge on any atom is -0.460 e. The molecule has 2 aliphatic carbocycles. The number of carbonyl (C=O) groups excluding carboxylic acids is 3. The summed E-state index contributed by atoms with van der Waals surface area (Å²) in [5.41, 5.74) is 6.40. The highest BCUT2D eigenvalue weighted by Crippen LogP contribution is 2.44. The number of aryl methyl sites for hydroxylation is 1. The van der Waals surface area contributed by atoms with Crippen LogP contribution in [0.1, 0.15) is 142 Å². The number of esters is 1. The third kappa shape index (κ3) is 14.2. The van der Waals surface area contributed by atoms with E-state index < -0.39 is 84.1 Å². The van der Waals surface area contributed by atoms with Crippen LogP contribution in [0, 0.1) is 48.3 Å². The molecule has 73 heavy (non-hydrogen) atoms. The molecular formula is C60H89NO12. The maximum Gasteiger partial charge on any atom is 0.329 e. The van der Waals surface area contributed by atoms with Gasteiger partial charge in [-0.25, -0.2) is 4.79 Å². The van der Waals surface area contributed by atoms with Gasteiger partial charge in [0, 0.05) is 44.9 Å². The van der Waals surface area contributed by atoms with E-state index in [0.717, 1.165) is 24.0 Å². The lowest BCUT2D eigenvalue weighted by Gasteiger charge is -2.43. The highest BCUT2D eigenvalue weighted by atomic mass is 16.6. The number of amides is 1. The number of benzene rings is 1. The molecule has 0 aromatic heterocycles. The van der Waals surface area contributed by atoms with Crippen LogP contribution in [0.3, 0.4) is 0 Å². The third-order valence-corrected chi connectivity index (χ3v) is 17.3. The number of allylic oxidation sites excluding steroid dienone is 8. The van der Waals surface area contributed by atoms with Crippen molar-refractivity contribution in [2.45, 2.75) is 200 Å². The van der Waals surface area contributed by atoms with Crippen molar-refractivity contribution in [2.75, 3.05) is 20.8 Å². The summed E-state index contributed by atoms with van der Waals surface area (Å²) in [5, 5.41) is 58.1. The quantitative estimate of drug-likeness (QED) is 0.104. The topological polar surface area (TPSA) is 193 Å². The van der Waals surface area contributed by atoms with Crippen molar-refractivity contribution in [3.05, 3.63) is 88.6 Å². The molecule has 1 saturated carbocycles. The first-order valence-corrected chi connectivity index (χ1v) is 27.4. The van der Waals surface area contributed by atoms with Crippen LogP contribution in [0.15, 0.2) is 71.9 Å².